The molecule has 0 radical (unpaired) electrons. The quantitative estimate of drug-likeness (QED) is 0.317. The van der Waals surface area contributed by atoms with Gasteiger partial charge in [-0.1, -0.05) is 0 Å². The minimum Gasteiger partial charge on any atom is -0.487 e. The number of nitrogens with one attached hydrogen (secondary N) is 1. The number of pyridine rings is 1. The molecule has 0 atom stereocenters. The standard InChI is InChI=1S/C13H10I3N3O/c14-8-4-9(15)12(10(16)5-8)20-6-7-1-2-19-11(3-7)13(17)18/h1-5H,6H2,(H3,17,18). The fourth-order valence-corrected chi connectivity index (χ4v) is 5.43. The Hall–Kier alpha value is -0.170. The largest absolute Gasteiger partial charge is 0.487 e. The van der Waals surface area contributed by atoms with Crippen LogP contribution in [-0.4, -0.2) is 10.8 Å². The Morgan fingerprint density at radius 2 is 1.85 bits per heavy atom. The molecule has 0 saturated heterocycles. The van der Waals surface area contributed by atoms with Crippen LogP contribution in [-0.2, 0) is 6.61 Å². The van der Waals surface area contributed by atoms with Gasteiger partial charge in [-0.2, -0.15) is 0 Å². The minimum absolute atomic E-state index is 0.0368. The van der Waals surface area contributed by atoms with Crippen molar-refractivity contribution in [3.63, 3.8) is 0 Å². The number of nitrogens with zero attached hydrogens (tertiary/aromatic N) is 1. The van der Waals surface area contributed by atoms with E-state index in [1.54, 1.807) is 12.3 Å². The lowest BCUT2D eigenvalue weighted by Gasteiger charge is -2.11. The first kappa shape index (κ1) is 16.2. The summed E-state index contributed by atoms with van der Waals surface area (Å²) in [6.07, 6.45) is 1.64. The molecule has 0 spiro atoms. The molecular formula is C13H10I3N3O. The first-order valence-corrected chi connectivity index (χ1v) is 8.77. The van der Waals surface area contributed by atoms with Gasteiger partial charge in [-0.15, -0.1) is 0 Å². The maximum Gasteiger partial charge on any atom is 0.146 e. The van der Waals surface area contributed by atoms with Crippen LogP contribution in [0.1, 0.15) is 11.3 Å². The van der Waals surface area contributed by atoms with Gasteiger partial charge in [-0.25, -0.2) is 0 Å². The Labute approximate surface area is 157 Å². The highest BCUT2D eigenvalue weighted by Gasteiger charge is 2.09. The molecule has 0 saturated carbocycles. The molecule has 0 fully saturated rings. The molecule has 20 heavy (non-hydrogen) atoms. The molecule has 3 N–H and O–H groups in total. The number of halogens is 3. The van der Waals surface area contributed by atoms with Crippen LogP contribution in [0.25, 0.3) is 0 Å². The van der Waals surface area contributed by atoms with E-state index in [9.17, 15) is 0 Å². The molecule has 1 aromatic carbocycles. The molecule has 0 bridgehead atoms. The zero-order chi connectivity index (χ0) is 14.7. The number of benzene rings is 1. The van der Waals surface area contributed by atoms with E-state index in [1.807, 2.05) is 6.07 Å². The number of rotatable bonds is 4. The second kappa shape index (κ2) is 7.20. The van der Waals surface area contributed by atoms with Crippen molar-refractivity contribution in [3.05, 3.63) is 52.4 Å². The molecule has 0 unspecified atom stereocenters. The van der Waals surface area contributed by atoms with Crippen molar-refractivity contribution in [3.8, 4) is 5.75 Å². The van der Waals surface area contributed by atoms with Gasteiger partial charge in [0.25, 0.3) is 0 Å². The fourth-order valence-electron chi connectivity index (χ4n) is 1.53. The summed E-state index contributed by atoms with van der Waals surface area (Å²) in [6.45, 7) is 0.426. The van der Waals surface area contributed by atoms with E-state index in [0.29, 0.717) is 12.3 Å². The van der Waals surface area contributed by atoms with E-state index in [2.05, 4.69) is 84.9 Å². The summed E-state index contributed by atoms with van der Waals surface area (Å²) < 4.78 is 9.24. The second-order valence-corrected chi connectivity index (χ2v) is 7.52. The van der Waals surface area contributed by atoms with Crippen LogP contribution >= 0.6 is 67.8 Å². The monoisotopic (exact) mass is 605 g/mol. The van der Waals surface area contributed by atoms with Gasteiger partial charge >= 0.3 is 0 Å². The number of amidine groups is 1. The van der Waals surface area contributed by atoms with Gasteiger partial charge in [0, 0.05) is 9.77 Å². The summed E-state index contributed by atoms with van der Waals surface area (Å²) in [5.41, 5.74) is 6.84. The van der Waals surface area contributed by atoms with Crippen LogP contribution in [0.5, 0.6) is 5.75 Å². The van der Waals surface area contributed by atoms with E-state index in [-0.39, 0.29) is 5.84 Å². The number of ether oxygens (including phenoxy) is 1. The third-order valence-corrected chi connectivity index (χ3v) is 4.67. The summed E-state index contributed by atoms with van der Waals surface area (Å²) in [6, 6.07) is 7.78. The Kier molecular flexibility index (Phi) is 5.84. The van der Waals surface area contributed by atoms with E-state index >= 15 is 0 Å². The van der Waals surface area contributed by atoms with Crippen LogP contribution in [0, 0.1) is 16.1 Å². The van der Waals surface area contributed by atoms with Crippen LogP contribution in [0.4, 0.5) is 0 Å². The summed E-state index contributed by atoms with van der Waals surface area (Å²) in [7, 11) is 0. The van der Waals surface area contributed by atoms with Gasteiger partial charge in [0.05, 0.1) is 7.14 Å². The fraction of sp³-hybridized carbons (Fsp3) is 0.0769. The lowest BCUT2D eigenvalue weighted by Crippen LogP contribution is -2.13. The molecule has 0 aliphatic heterocycles. The molecule has 0 amide bonds. The highest BCUT2D eigenvalue weighted by molar-refractivity contribution is 14.1. The summed E-state index contributed by atoms with van der Waals surface area (Å²) in [4.78, 5) is 4.03. The molecule has 2 rings (SSSR count). The Morgan fingerprint density at radius 1 is 1.20 bits per heavy atom. The van der Waals surface area contributed by atoms with Crippen LogP contribution < -0.4 is 10.5 Å². The maximum atomic E-state index is 7.39. The summed E-state index contributed by atoms with van der Waals surface area (Å²) in [5, 5.41) is 7.39. The number of aromatic nitrogens is 1. The highest BCUT2D eigenvalue weighted by Crippen LogP contribution is 2.30. The average Bonchev–Trinajstić information content (AvgIpc) is 2.37. The number of nitrogens with two attached hydrogens (primary N) is 1. The topological polar surface area (TPSA) is 72.0 Å². The van der Waals surface area contributed by atoms with Crippen molar-refractivity contribution in [1.82, 2.24) is 4.98 Å². The van der Waals surface area contributed by atoms with Crippen LogP contribution in [0.3, 0.4) is 0 Å². The van der Waals surface area contributed by atoms with E-state index in [4.69, 9.17) is 15.9 Å². The Balaban J connectivity index is 2.17. The predicted molar refractivity (Wildman–Crippen MR) is 104 cm³/mol. The molecule has 7 heteroatoms. The first-order chi connectivity index (χ1) is 9.47. The third kappa shape index (κ3) is 4.16. The van der Waals surface area contributed by atoms with Gasteiger partial charge in [0.2, 0.25) is 0 Å². The zero-order valence-electron chi connectivity index (χ0n) is 10.2. The normalized spacial score (nSPS) is 10.3. The molecule has 1 heterocycles. The second-order valence-electron chi connectivity index (χ2n) is 3.95. The van der Waals surface area contributed by atoms with Crippen molar-refractivity contribution in [2.45, 2.75) is 6.61 Å². The van der Waals surface area contributed by atoms with Crippen molar-refractivity contribution in [2.24, 2.45) is 5.73 Å². The zero-order valence-corrected chi connectivity index (χ0v) is 16.6. The van der Waals surface area contributed by atoms with Crippen molar-refractivity contribution in [2.75, 3.05) is 0 Å². The number of hydrogen-bond donors (Lipinski definition) is 2. The van der Waals surface area contributed by atoms with Gasteiger partial charge in [0.15, 0.2) is 0 Å². The van der Waals surface area contributed by atoms with Gasteiger partial charge in [-0.3, -0.25) is 10.4 Å². The lowest BCUT2D eigenvalue weighted by molar-refractivity contribution is 0.301. The molecule has 1 aromatic heterocycles. The van der Waals surface area contributed by atoms with E-state index in [0.717, 1.165) is 18.5 Å². The van der Waals surface area contributed by atoms with E-state index < -0.39 is 0 Å². The van der Waals surface area contributed by atoms with Gasteiger partial charge < -0.3 is 10.5 Å². The smallest absolute Gasteiger partial charge is 0.146 e. The van der Waals surface area contributed by atoms with Crippen molar-refractivity contribution in [1.29, 1.82) is 5.41 Å². The number of hydrogen-bond acceptors (Lipinski definition) is 3. The number of nitrogen functional groups attached to an aromatic ring is 1. The van der Waals surface area contributed by atoms with Crippen molar-refractivity contribution >= 4 is 73.6 Å². The van der Waals surface area contributed by atoms with Gasteiger partial charge in [-0.05, 0) is 97.6 Å². The summed E-state index contributed by atoms with van der Waals surface area (Å²) in [5.74, 6) is 0.845. The average molecular weight is 605 g/mol. The van der Waals surface area contributed by atoms with Crippen LogP contribution in [0.2, 0.25) is 0 Å². The highest BCUT2D eigenvalue weighted by atomic mass is 127. The molecular weight excluding hydrogens is 595 g/mol. The van der Waals surface area contributed by atoms with E-state index in [1.165, 1.54) is 3.57 Å². The molecule has 104 valence electrons. The predicted octanol–water partition coefficient (Wildman–Crippen LogP) is 3.76. The molecule has 0 aliphatic rings. The minimum atomic E-state index is -0.0368. The molecule has 0 aliphatic carbocycles. The Bertz CT molecular complexity index is 638. The Morgan fingerprint density at radius 3 is 2.45 bits per heavy atom. The molecule has 4 nitrogen and oxygen atoms in total. The SMILES string of the molecule is N=C(N)c1cc(COc2c(I)cc(I)cc2I)ccn1. The molecule has 2 aromatic rings. The first-order valence-electron chi connectivity index (χ1n) is 5.54. The van der Waals surface area contributed by atoms with Crippen molar-refractivity contribution < 1.29 is 4.74 Å². The third-order valence-electron chi connectivity index (χ3n) is 2.45. The maximum absolute atomic E-state index is 7.39. The summed E-state index contributed by atoms with van der Waals surface area (Å²) >= 11 is 6.83. The van der Waals surface area contributed by atoms with Gasteiger partial charge in [0.1, 0.15) is 23.9 Å². The lowest BCUT2D eigenvalue weighted by atomic mass is 10.2. The van der Waals surface area contributed by atoms with Crippen LogP contribution in [0.15, 0.2) is 30.5 Å².